The van der Waals surface area contributed by atoms with Crippen molar-refractivity contribution in [1.29, 1.82) is 0 Å². The van der Waals surface area contributed by atoms with Crippen LogP contribution >= 0.6 is 0 Å². The van der Waals surface area contributed by atoms with Crippen LogP contribution in [-0.2, 0) is 11.2 Å². The van der Waals surface area contributed by atoms with Crippen LogP contribution < -0.4 is 10.1 Å². The van der Waals surface area contributed by atoms with Gasteiger partial charge >= 0.3 is 0 Å². The molecule has 1 aromatic heterocycles. The van der Waals surface area contributed by atoms with Crippen molar-refractivity contribution in [1.82, 2.24) is 10.3 Å². The van der Waals surface area contributed by atoms with Gasteiger partial charge in [0.2, 0.25) is 5.89 Å². The van der Waals surface area contributed by atoms with Gasteiger partial charge in [0.05, 0.1) is 5.69 Å². The highest BCUT2D eigenvalue weighted by Gasteiger charge is 2.12. The summed E-state index contributed by atoms with van der Waals surface area (Å²) in [5.41, 5.74) is 4.15. The molecular formula is C22H24N2O3. The fourth-order valence-electron chi connectivity index (χ4n) is 2.63. The first-order valence-electron chi connectivity index (χ1n) is 9.01. The number of aromatic nitrogens is 1. The van der Waals surface area contributed by atoms with E-state index in [-0.39, 0.29) is 12.5 Å². The molecule has 0 saturated carbocycles. The van der Waals surface area contributed by atoms with Gasteiger partial charge in [0.15, 0.2) is 6.61 Å². The molecule has 0 radical (unpaired) electrons. The molecule has 0 aliphatic heterocycles. The minimum atomic E-state index is -0.157. The Balaban J connectivity index is 1.48. The summed E-state index contributed by atoms with van der Waals surface area (Å²) in [5, 5.41) is 2.85. The molecule has 0 atom stereocenters. The molecule has 0 aliphatic carbocycles. The monoisotopic (exact) mass is 364 g/mol. The van der Waals surface area contributed by atoms with Gasteiger partial charge in [-0.3, -0.25) is 4.79 Å². The number of hydrogen-bond acceptors (Lipinski definition) is 4. The summed E-state index contributed by atoms with van der Waals surface area (Å²) in [6.07, 6.45) is 0.609. The van der Waals surface area contributed by atoms with Crippen molar-refractivity contribution in [2.45, 2.75) is 27.2 Å². The molecule has 5 nitrogen and oxygen atoms in total. The number of ether oxygens (including phenoxy) is 1. The van der Waals surface area contributed by atoms with Gasteiger partial charge in [0, 0.05) is 18.5 Å². The summed E-state index contributed by atoms with van der Waals surface area (Å²) >= 11 is 0. The second-order valence-electron chi connectivity index (χ2n) is 6.59. The number of oxazole rings is 1. The van der Waals surface area contributed by atoms with Crippen LogP contribution in [0.1, 0.15) is 22.6 Å². The van der Waals surface area contributed by atoms with E-state index in [2.05, 4.69) is 10.3 Å². The average Bonchev–Trinajstić information content (AvgIpc) is 3.02. The molecule has 140 valence electrons. The highest BCUT2D eigenvalue weighted by Crippen LogP contribution is 2.22. The lowest BCUT2D eigenvalue weighted by Crippen LogP contribution is -2.30. The number of benzene rings is 2. The third-order valence-electron chi connectivity index (χ3n) is 4.27. The molecule has 0 spiro atoms. The van der Waals surface area contributed by atoms with Crippen molar-refractivity contribution in [3.05, 3.63) is 71.1 Å². The van der Waals surface area contributed by atoms with Gasteiger partial charge in [-0.25, -0.2) is 4.98 Å². The number of amides is 1. The summed E-state index contributed by atoms with van der Waals surface area (Å²) < 4.78 is 11.2. The van der Waals surface area contributed by atoms with Crippen molar-refractivity contribution in [2.75, 3.05) is 13.2 Å². The van der Waals surface area contributed by atoms with Gasteiger partial charge in [0.1, 0.15) is 11.5 Å². The van der Waals surface area contributed by atoms with Crippen molar-refractivity contribution in [2.24, 2.45) is 0 Å². The lowest BCUT2D eigenvalue weighted by molar-refractivity contribution is -0.123. The molecule has 0 unspecified atom stereocenters. The van der Waals surface area contributed by atoms with Crippen LogP contribution in [-0.4, -0.2) is 24.0 Å². The summed E-state index contributed by atoms with van der Waals surface area (Å²) in [4.78, 5) is 16.5. The van der Waals surface area contributed by atoms with Crippen molar-refractivity contribution >= 4 is 5.91 Å². The summed E-state index contributed by atoms with van der Waals surface area (Å²) in [6, 6.07) is 15.7. The van der Waals surface area contributed by atoms with Crippen LogP contribution in [0.5, 0.6) is 5.75 Å². The van der Waals surface area contributed by atoms with Gasteiger partial charge in [-0.05, 0) is 45.0 Å². The molecule has 1 amide bonds. The zero-order valence-electron chi connectivity index (χ0n) is 15.9. The van der Waals surface area contributed by atoms with Gasteiger partial charge in [0.25, 0.3) is 5.91 Å². The number of nitrogens with zero attached hydrogens (tertiary/aromatic N) is 1. The topological polar surface area (TPSA) is 64.4 Å². The normalized spacial score (nSPS) is 10.6. The van der Waals surface area contributed by atoms with Crippen molar-refractivity contribution in [3.63, 3.8) is 0 Å². The fourth-order valence-corrected chi connectivity index (χ4v) is 2.63. The minimum Gasteiger partial charge on any atom is -0.484 e. The van der Waals surface area contributed by atoms with E-state index in [4.69, 9.17) is 9.15 Å². The van der Waals surface area contributed by atoms with Gasteiger partial charge in [-0.1, -0.05) is 35.4 Å². The van der Waals surface area contributed by atoms with Crippen molar-refractivity contribution in [3.8, 4) is 17.2 Å². The van der Waals surface area contributed by atoms with Gasteiger partial charge < -0.3 is 14.5 Å². The average molecular weight is 364 g/mol. The first kappa shape index (κ1) is 18.7. The Morgan fingerprint density at radius 3 is 2.30 bits per heavy atom. The summed E-state index contributed by atoms with van der Waals surface area (Å²) in [7, 11) is 0. The molecule has 1 N–H and O–H groups in total. The van der Waals surface area contributed by atoms with Crippen molar-refractivity contribution < 1.29 is 13.9 Å². The Hall–Kier alpha value is -3.08. The van der Waals surface area contributed by atoms with Gasteiger partial charge in [-0.2, -0.15) is 0 Å². The first-order valence-corrected chi connectivity index (χ1v) is 9.01. The van der Waals surface area contributed by atoms with E-state index in [1.165, 1.54) is 5.56 Å². The smallest absolute Gasteiger partial charge is 0.257 e. The van der Waals surface area contributed by atoms with Crippen LogP contribution in [0.3, 0.4) is 0 Å². The Morgan fingerprint density at radius 1 is 1.00 bits per heavy atom. The summed E-state index contributed by atoms with van der Waals surface area (Å²) in [5.74, 6) is 1.91. The highest BCUT2D eigenvalue weighted by atomic mass is 16.5. The molecule has 0 bridgehead atoms. The van der Waals surface area contributed by atoms with E-state index in [9.17, 15) is 4.79 Å². The number of carbonyl (C=O) groups excluding carboxylic acids is 1. The number of carbonyl (C=O) groups is 1. The predicted molar refractivity (Wildman–Crippen MR) is 105 cm³/mol. The number of aryl methyl sites for hydroxylation is 3. The standard InChI is InChI=1S/C22H24N2O3/c1-15-4-8-18(9-5-15)22-24-20(17(3)27-22)12-13-23-21(25)14-26-19-10-6-16(2)7-11-19/h4-11H,12-14H2,1-3H3,(H,23,25). The molecule has 0 fully saturated rings. The molecular weight excluding hydrogens is 340 g/mol. The minimum absolute atomic E-state index is 0.00449. The van der Waals surface area contributed by atoms with E-state index in [1.54, 1.807) is 0 Å². The van der Waals surface area contributed by atoms with E-state index in [0.717, 1.165) is 22.6 Å². The van der Waals surface area contributed by atoms with E-state index < -0.39 is 0 Å². The zero-order valence-corrected chi connectivity index (χ0v) is 15.9. The maximum absolute atomic E-state index is 11.9. The second kappa shape index (κ2) is 8.54. The highest BCUT2D eigenvalue weighted by molar-refractivity contribution is 5.77. The lowest BCUT2D eigenvalue weighted by atomic mass is 10.1. The first-order chi connectivity index (χ1) is 13.0. The molecule has 5 heteroatoms. The quantitative estimate of drug-likeness (QED) is 0.688. The molecule has 0 saturated heterocycles. The third kappa shape index (κ3) is 5.20. The third-order valence-corrected chi connectivity index (χ3v) is 4.27. The maximum Gasteiger partial charge on any atom is 0.257 e. The number of nitrogens with one attached hydrogen (secondary N) is 1. The molecule has 0 aliphatic rings. The SMILES string of the molecule is Cc1ccc(OCC(=O)NCCc2nc(-c3ccc(C)cc3)oc2C)cc1. The summed E-state index contributed by atoms with van der Waals surface area (Å²) in [6.45, 7) is 6.42. The molecule has 1 heterocycles. The van der Waals surface area contributed by atoms with Crippen LogP contribution in [0.4, 0.5) is 0 Å². The maximum atomic E-state index is 11.9. The number of hydrogen-bond donors (Lipinski definition) is 1. The molecule has 3 rings (SSSR count). The molecule has 3 aromatic rings. The van der Waals surface area contributed by atoms with E-state index in [1.807, 2.05) is 69.3 Å². The largest absolute Gasteiger partial charge is 0.484 e. The Kier molecular flexibility index (Phi) is 5.91. The Morgan fingerprint density at radius 2 is 1.63 bits per heavy atom. The zero-order chi connectivity index (χ0) is 19.2. The second-order valence-corrected chi connectivity index (χ2v) is 6.59. The molecule has 27 heavy (non-hydrogen) atoms. The van der Waals surface area contributed by atoms with Crippen LogP contribution in [0.15, 0.2) is 52.9 Å². The lowest BCUT2D eigenvalue weighted by Gasteiger charge is -2.07. The van der Waals surface area contributed by atoms with Crippen LogP contribution in [0.2, 0.25) is 0 Å². The van der Waals surface area contributed by atoms with Gasteiger partial charge in [-0.15, -0.1) is 0 Å². The van der Waals surface area contributed by atoms with Crippen LogP contribution in [0.25, 0.3) is 11.5 Å². The Bertz CT molecular complexity index is 896. The van der Waals surface area contributed by atoms with E-state index in [0.29, 0.717) is 24.6 Å². The van der Waals surface area contributed by atoms with E-state index >= 15 is 0 Å². The van der Waals surface area contributed by atoms with Crippen LogP contribution in [0, 0.1) is 20.8 Å². The number of rotatable bonds is 7. The predicted octanol–water partition coefficient (Wildman–Crippen LogP) is 4.00. The fraction of sp³-hybridized carbons (Fsp3) is 0.273. The molecule has 2 aromatic carbocycles. The Labute approximate surface area is 159 Å².